The number of hydrogen-bond donors (Lipinski definition) is 3. The molecular weight excluding hydrogens is 370 g/mol. The van der Waals surface area contributed by atoms with Crippen molar-refractivity contribution in [2.75, 3.05) is 0 Å². The lowest BCUT2D eigenvalue weighted by Gasteiger charge is -2.21. The molecule has 0 aliphatic carbocycles. The van der Waals surface area contributed by atoms with Crippen LogP contribution in [0.15, 0.2) is 21.3 Å². The topological polar surface area (TPSA) is 99.8 Å². The molecule has 6 heteroatoms. The molecule has 0 radical (unpaired) electrons. The molecule has 2 rings (SSSR count). The van der Waals surface area contributed by atoms with Gasteiger partial charge in [0.15, 0.2) is 0 Å². The predicted molar refractivity (Wildman–Crippen MR) is 114 cm³/mol. The van der Waals surface area contributed by atoms with Crippen LogP contribution in [-0.4, -0.2) is 22.2 Å². The molecule has 1 aromatic carbocycles. The summed E-state index contributed by atoms with van der Waals surface area (Å²) in [5.74, 6) is -1.03. The molecule has 160 valence electrons. The molecule has 0 saturated carbocycles. The summed E-state index contributed by atoms with van der Waals surface area (Å²) in [5, 5.41) is 23.6. The molecule has 3 N–H and O–H groups in total. The van der Waals surface area contributed by atoms with E-state index in [0.29, 0.717) is 29.6 Å². The predicted octanol–water partition coefficient (Wildman–Crippen LogP) is 4.52. The summed E-state index contributed by atoms with van der Waals surface area (Å²) in [6, 6.07) is 2.58. The maximum Gasteiger partial charge on any atom is 0.339 e. The molecule has 0 bridgehead atoms. The molecule has 0 amide bonds. The Kier molecular flexibility index (Phi) is 8.26. The van der Waals surface area contributed by atoms with Crippen molar-refractivity contribution in [1.82, 2.24) is 5.32 Å². The maximum atomic E-state index is 12.6. The number of aromatic hydroxyl groups is 1. The van der Waals surface area contributed by atoms with Gasteiger partial charge in [-0.25, -0.2) is 4.79 Å². The highest BCUT2D eigenvalue weighted by Gasteiger charge is 2.24. The number of fused-ring (bicyclic) bond motifs is 1. The maximum absolute atomic E-state index is 12.6. The summed E-state index contributed by atoms with van der Waals surface area (Å²) in [7, 11) is 0. The van der Waals surface area contributed by atoms with Crippen LogP contribution < -0.4 is 10.9 Å². The van der Waals surface area contributed by atoms with Gasteiger partial charge < -0.3 is 14.6 Å². The van der Waals surface area contributed by atoms with Gasteiger partial charge in [-0.05, 0) is 43.4 Å². The van der Waals surface area contributed by atoms with Crippen molar-refractivity contribution in [1.29, 1.82) is 0 Å². The molecule has 0 aliphatic heterocycles. The zero-order chi connectivity index (χ0) is 21.6. The van der Waals surface area contributed by atoms with Gasteiger partial charge in [-0.15, -0.1) is 0 Å². The number of aliphatic carboxylic acids is 1. The second-order valence-electron chi connectivity index (χ2n) is 7.83. The van der Waals surface area contributed by atoms with Crippen LogP contribution in [0.1, 0.15) is 69.6 Å². The van der Waals surface area contributed by atoms with E-state index in [2.05, 4.69) is 12.2 Å². The number of hydrogen-bond acceptors (Lipinski definition) is 5. The Bertz CT molecular complexity index is 902. The van der Waals surface area contributed by atoms with Crippen molar-refractivity contribution in [3.8, 4) is 5.75 Å². The lowest BCUT2D eigenvalue weighted by Crippen LogP contribution is -2.41. The van der Waals surface area contributed by atoms with Crippen LogP contribution in [0, 0.1) is 12.8 Å². The zero-order valence-electron chi connectivity index (χ0n) is 17.9. The Morgan fingerprint density at radius 1 is 1.17 bits per heavy atom. The van der Waals surface area contributed by atoms with E-state index >= 15 is 0 Å². The number of unbranched alkanes of at least 4 members (excludes halogenated alkanes) is 3. The molecule has 2 unspecified atom stereocenters. The molecular formula is C23H33NO5. The highest BCUT2D eigenvalue weighted by molar-refractivity contribution is 5.85. The Labute approximate surface area is 171 Å². The molecule has 1 aromatic heterocycles. The Morgan fingerprint density at radius 2 is 1.90 bits per heavy atom. The first-order chi connectivity index (χ1) is 13.8. The van der Waals surface area contributed by atoms with Gasteiger partial charge >= 0.3 is 11.6 Å². The van der Waals surface area contributed by atoms with Crippen LogP contribution in [-0.2, 0) is 17.8 Å². The van der Waals surface area contributed by atoms with Gasteiger partial charge in [0.05, 0.1) is 5.56 Å². The Morgan fingerprint density at radius 3 is 2.52 bits per heavy atom. The summed E-state index contributed by atoms with van der Waals surface area (Å²) in [5.41, 5.74) is 1.90. The van der Waals surface area contributed by atoms with E-state index in [1.54, 1.807) is 12.1 Å². The van der Waals surface area contributed by atoms with Crippen LogP contribution in [0.2, 0.25) is 0 Å². The third-order valence-electron chi connectivity index (χ3n) is 5.79. The van der Waals surface area contributed by atoms with E-state index in [4.69, 9.17) is 4.42 Å². The van der Waals surface area contributed by atoms with Crippen LogP contribution in [0.25, 0.3) is 11.0 Å². The summed E-state index contributed by atoms with van der Waals surface area (Å²) in [6.45, 7) is 7.95. The smallest absolute Gasteiger partial charge is 0.339 e. The zero-order valence-corrected chi connectivity index (χ0v) is 17.9. The van der Waals surface area contributed by atoms with Crippen molar-refractivity contribution in [2.24, 2.45) is 5.92 Å². The molecule has 2 aromatic rings. The fraction of sp³-hybridized carbons (Fsp3) is 0.565. The first-order valence-electron chi connectivity index (χ1n) is 10.5. The highest BCUT2D eigenvalue weighted by Crippen LogP contribution is 2.30. The largest absolute Gasteiger partial charge is 0.507 e. The molecule has 0 spiro atoms. The van der Waals surface area contributed by atoms with Crippen LogP contribution in [0.4, 0.5) is 0 Å². The molecule has 0 saturated heterocycles. The molecule has 0 aliphatic rings. The van der Waals surface area contributed by atoms with Gasteiger partial charge in [0, 0.05) is 17.5 Å². The third kappa shape index (κ3) is 5.38. The number of aryl methyl sites for hydroxylation is 1. The van der Waals surface area contributed by atoms with Crippen LogP contribution in [0.5, 0.6) is 5.75 Å². The number of carbonyl (C=O) groups is 1. The first-order valence-corrected chi connectivity index (χ1v) is 10.5. The Hall–Kier alpha value is -2.34. The van der Waals surface area contributed by atoms with E-state index < -0.39 is 12.0 Å². The number of nitrogens with one attached hydrogen (secondary N) is 1. The minimum Gasteiger partial charge on any atom is -0.507 e. The van der Waals surface area contributed by atoms with Crippen molar-refractivity contribution in [3.05, 3.63) is 39.2 Å². The fourth-order valence-corrected chi connectivity index (χ4v) is 3.67. The summed E-state index contributed by atoms with van der Waals surface area (Å²) >= 11 is 0. The SMILES string of the molecule is CCCCCCc1c(C)c2ccc(O)c(CNC(C(=O)O)C(C)CC)c2oc1=O. The van der Waals surface area contributed by atoms with Crippen molar-refractivity contribution in [2.45, 2.75) is 78.8 Å². The number of benzene rings is 1. The summed E-state index contributed by atoms with van der Waals surface area (Å²) in [4.78, 5) is 24.2. The Balaban J connectivity index is 2.37. The molecule has 2 atom stereocenters. The average molecular weight is 404 g/mol. The molecule has 29 heavy (non-hydrogen) atoms. The average Bonchev–Trinajstić information content (AvgIpc) is 2.68. The minimum atomic E-state index is -0.939. The molecule has 0 fully saturated rings. The fourth-order valence-electron chi connectivity index (χ4n) is 3.67. The number of carboxylic acids is 1. The highest BCUT2D eigenvalue weighted by atomic mass is 16.4. The van der Waals surface area contributed by atoms with E-state index in [1.807, 2.05) is 20.8 Å². The molecule has 1 heterocycles. The van der Waals surface area contributed by atoms with Crippen molar-refractivity contribution in [3.63, 3.8) is 0 Å². The van der Waals surface area contributed by atoms with E-state index in [0.717, 1.165) is 36.6 Å². The van der Waals surface area contributed by atoms with Gasteiger partial charge in [0.25, 0.3) is 0 Å². The van der Waals surface area contributed by atoms with Crippen LogP contribution >= 0.6 is 0 Å². The van der Waals surface area contributed by atoms with Crippen molar-refractivity contribution < 1.29 is 19.4 Å². The van der Waals surface area contributed by atoms with Gasteiger partial charge in [-0.2, -0.15) is 0 Å². The quantitative estimate of drug-likeness (QED) is 0.377. The van der Waals surface area contributed by atoms with E-state index in [1.165, 1.54) is 0 Å². The monoisotopic (exact) mass is 403 g/mol. The second kappa shape index (κ2) is 10.4. The minimum absolute atomic E-state index is 0.0171. The van der Waals surface area contributed by atoms with E-state index in [9.17, 15) is 19.8 Å². The standard InChI is InChI=1S/C23H33NO5/c1-5-7-8-9-10-17-15(4)16-11-12-19(25)18(21(16)29-23(17)28)13-24-20(22(26)27)14(3)6-2/h11-12,14,20,24-25H,5-10,13H2,1-4H3,(H,26,27). The van der Waals surface area contributed by atoms with Gasteiger partial charge in [-0.1, -0.05) is 46.5 Å². The van der Waals surface area contributed by atoms with Crippen molar-refractivity contribution >= 4 is 16.9 Å². The normalized spacial score (nSPS) is 13.5. The van der Waals surface area contributed by atoms with E-state index in [-0.39, 0.29) is 23.8 Å². The number of rotatable bonds is 11. The third-order valence-corrected chi connectivity index (χ3v) is 5.79. The lowest BCUT2D eigenvalue weighted by atomic mass is 9.97. The number of phenolic OH excluding ortho intramolecular Hbond substituents is 1. The van der Waals surface area contributed by atoms with Gasteiger partial charge in [0.2, 0.25) is 0 Å². The molecule has 6 nitrogen and oxygen atoms in total. The van der Waals surface area contributed by atoms with Crippen LogP contribution in [0.3, 0.4) is 0 Å². The van der Waals surface area contributed by atoms with Gasteiger partial charge in [-0.3, -0.25) is 10.1 Å². The first kappa shape index (κ1) is 22.9. The second-order valence-corrected chi connectivity index (χ2v) is 7.83. The summed E-state index contributed by atoms with van der Waals surface area (Å²) in [6.07, 6.45) is 5.67. The lowest BCUT2D eigenvalue weighted by molar-refractivity contribution is -0.140. The summed E-state index contributed by atoms with van der Waals surface area (Å²) < 4.78 is 5.62. The van der Waals surface area contributed by atoms with Gasteiger partial charge in [0.1, 0.15) is 17.4 Å². The number of carboxylic acid groups (broad SMARTS) is 1. The number of phenols is 1.